The Bertz CT molecular complexity index is 437. The van der Waals surface area contributed by atoms with Crippen molar-refractivity contribution in [3.63, 3.8) is 0 Å². The topological polar surface area (TPSA) is 64.3 Å². The fourth-order valence-corrected chi connectivity index (χ4v) is 2.21. The summed E-state index contributed by atoms with van der Waals surface area (Å²) in [5.74, 6) is -0.213. The fourth-order valence-electron chi connectivity index (χ4n) is 2.21. The summed E-state index contributed by atoms with van der Waals surface area (Å²) >= 11 is 0. The molecule has 2 unspecified atom stereocenters. The molecule has 2 rings (SSSR count). The first-order valence-electron chi connectivity index (χ1n) is 6.17. The van der Waals surface area contributed by atoms with Crippen LogP contribution in [0.5, 0.6) is 5.75 Å². The van der Waals surface area contributed by atoms with E-state index in [0.717, 1.165) is 19.3 Å². The molecule has 0 aromatic heterocycles. The third kappa shape index (κ3) is 3.64. The van der Waals surface area contributed by atoms with Crippen LogP contribution < -0.4 is 15.8 Å². The summed E-state index contributed by atoms with van der Waals surface area (Å²) in [5, 5.41) is 2.85. The van der Waals surface area contributed by atoms with Crippen LogP contribution in [0.15, 0.2) is 24.3 Å². The number of hydrogen-bond acceptors (Lipinski definition) is 3. The van der Waals surface area contributed by atoms with Gasteiger partial charge in [0.2, 0.25) is 0 Å². The lowest BCUT2D eigenvalue weighted by atomic mass is 10.1. The van der Waals surface area contributed by atoms with E-state index in [2.05, 4.69) is 10.1 Å². The highest BCUT2D eigenvalue weighted by atomic mass is 19.3. The normalized spacial score (nSPS) is 22.5. The summed E-state index contributed by atoms with van der Waals surface area (Å²) in [7, 11) is 0. The first-order chi connectivity index (χ1) is 9.06. The minimum absolute atomic E-state index is 0.00890. The minimum Gasteiger partial charge on any atom is -0.435 e. The number of rotatable bonds is 4. The average molecular weight is 270 g/mol. The smallest absolute Gasteiger partial charge is 0.387 e. The number of carbonyl (C=O) groups is 1. The average Bonchev–Trinajstić information content (AvgIpc) is 2.75. The second-order valence-electron chi connectivity index (χ2n) is 4.58. The van der Waals surface area contributed by atoms with Gasteiger partial charge in [-0.15, -0.1) is 0 Å². The van der Waals surface area contributed by atoms with Gasteiger partial charge >= 0.3 is 6.61 Å². The van der Waals surface area contributed by atoms with Crippen LogP contribution in [0.25, 0.3) is 0 Å². The number of amides is 1. The van der Waals surface area contributed by atoms with E-state index in [1.54, 1.807) is 0 Å². The number of halogens is 2. The maximum Gasteiger partial charge on any atom is 0.387 e. The summed E-state index contributed by atoms with van der Waals surface area (Å²) in [4.78, 5) is 11.9. The third-order valence-corrected chi connectivity index (χ3v) is 3.23. The fraction of sp³-hybridized carbons (Fsp3) is 0.462. The number of benzene rings is 1. The standard InChI is InChI=1S/C13H16F2N2O2/c14-13(15)19-9-6-4-8(5-7-9)12(18)17-11-3-1-2-10(11)16/h4-7,10-11,13H,1-3,16H2,(H,17,18). The molecule has 104 valence electrons. The van der Waals surface area contributed by atoms with Crippen LogP contribution >= 0.6 is 0 Å². The monoisotopic (exact) mass is 270 g/mol. The van der Waals surface area contributed by atoms with Gasteiger partial charge in [0.05, 0.1) is 0 Å². The molecule has 0 heterocycles. The van der Waals surface area contributed by atoms with E-state index >= 15 is 0 Å². The number of hydrogen-bond donors (Lipinski definition) is 2. The molecule has 1 aromatic rings. The Morgan fingerprint density at radius 3 is 2.53 bits per heavy atom. The molecule has 6 heteroatoms. The molecular weight excluding hydrogens is 254 g/mol. The van der Waals surface area contributed by atoms with Gasteiger partial charge in [-0.05, 0) is 43.5 Å². The number of nitrogens with two attached hydrogens (primary N) is 1. The van der Waals surface area contributed by atoms with E-state index in [1.807, 2.05) is 0 Å². The molecule has 1 aliphatic carbocycles. The number of carbonyl (C=O) groups excluding carboxylic acids is 1. The summed E-state index contributed by atoms with van der Waals surface area (Å²) in [6.45, 7) is -2.86. The van der Waals surface area contributed by atoms with Crippen molar-refractivity contribution >= 4 is 5.91 Å². The zero-order valence-corrected chi connectivity index (χ0v) is 10.3. The highest BCUT2D eigenvalue weighted by Crippen LogP contribution is 2.18. The van der Waals surface area contributed by atoms with Crippen molar-refractivity contribution in [2.45, 2.75) is 38.0 Å². The number of alkyl halides is 2. The van der Waals surface area contributed by atoms with Gasteiger partial charge in [-0.3, -0.25) is 4.79 Å². The van der Waals surface area contributed by atoms with E-state index < -0.39 is 6.61 Å². The van der Waals surface area contributed by atoms with Crippen molar-refractivity contribution in [3.05, 3.63) is 29.8 Å². The molecule has 1 saturated carbocycles. The van der Waals surface area contributed by atoms with Crippen molar-refractivity contribution in [1.29, 1.82) is 0 Å². The Balaban J connectivity index is 1.95. The van der Waals surface area contributed by atoms with Crippen molar-refractivity contribution in [1.82, 2.24) is 5.32 Å². The van der Waals surface area contributed by atoms with Crippen LogP contribution in [0.4, 0.5) is 8.78 Å². The van der Waals surface area contributed by atoms with E-state index in [4.69, 9.17) is 5.73 Å². The first-order valence-corrected chi connectivity index (χ1v) is 6.17. The molecule has 19 heavy (non-hydrogen) atoms. The van der Waals surface area contributed by atoms with Crippen molar-refractivity contribution in [2.75, 3.05) is 0 Å². The molecule has 3 N–H and O–H groups in total. The molecule has 0 saturated heterocycles. The van der Waals surface area contributed by atoms with E-state index in [9.17, 15) is 13.6 Å². The summed E-state index contributed by atoms with van der Waals surface area (Å²) < 4.78 is 28.2. The van der Waals surface area contributed by atoms with Crippen LogP contribution in [-0.2, 0) is 0 Å². The van der Waals surface area contributed by atoms with Crippen LogP contribution in [0.1, 0.15) is 29.6 Å². The Morgan fingerprint density at radius 1 is 1.32 bits per heavy atom. The second-order valence-corrected chi connectivity index (χ2v) is 4.58. The maximum absolute atomic E-state index is 12.0. The predicted molar refractivity (Wildman–Crippen MR) is 66.2 cm³/mol. The molecule has 1 aliphatic rings. The predicted octanol–water partition coefficient (Wildman–Crippen LogP) is 1.90. The molecular formula is C13H16F2N2O2. The molecule has 2 atom stereocenters. The van der Waals surface area contributed by atoms with Gasteiger partial charge in [-0.1, -0.05) is 0 Å². The van der Waals surface area contributed by atoms with Crippen molar-refractivity contribution in [2.24, 2.45) is 5.73 Å². The molecule has 0 bridgehead atoms. The molecule has 1 fully saturated rings. The Labute approximate surface area is 109 Å². The third-order valence-electron chi connectivity index (χ3n) is 3.23. The van der Waals surface area contributed by atoms with Crippen molar-refractivity contribution in [3.8, 4) is 5.75 Å². The first kappa shape index (κ1) is 13.7. The van der Waals surface area contributed by atoms with Crippen LogP contribution in [0.3, 0.4) is 0 Å². The van der Waals surface area contributed by atoms with Gasteiger partial charge < -0.3 is 15.8 Å². The summed E-state index contributed by atoms with van der Waals surface area (Å²) in [5.41, 5.74) is 6.27. The lowest BCUT2D eigenvalue weighted by Gasteiger charge is -2.17. The van der Waals surface area contributed by atoms with Crippen molar-refractivity contribution < 1.29 is 18.3 Å². The SMILES string of the molecule is NC1CCCC1NC(=O)c1ccc(OC(F)F)cc1. The van der Waals surface area contributed by atoms with Gasteiger partial charge in [0.15, 0.2) is 0 Å². The van der Waals surface area contributed by atoms with Crippen LogP contribution in [-0.4, -0.2) is 24.6 Å². The Kier molecular flexibility index (Phi) is 4.31. The van der Waals surface area contributed by atoms with Crippen LogP contribution in [0, 0.1) is 0 Å². The van der Waals surface area contributed by atoms with Gasteiger partial charge in [-0.2, -0.15) is 8.78 Å². The molecule has 1 amide bonds. The van der Waals surface area contributed by atoms with Crippen LogP contribution in [0.2, 0.25) is 0 Å². The Morgan fingerprint density at radius 2 is 2.00 bits per heavy atom. The Hall–Kier alpha value is -1.69. The summed E-state index contributed by atoms with van der Waals surface area (Å²) in [6, 6.07) is 5.57. The molecule has 0 aliphatic heterocycles. The van der Waals surface area contributed by atoms with Gasteiger partial charge in [0.1, 0.15) is 5.75 Å². The van der Waals surface area contributed by atoms with Gasteiger partial charge in [-0.25, -0.2) is 0 Å². The highest BCUT2D eigenvalue weighted by molar-refractivity contribution is 5.94. The lowest BCUT2D eigenvalue weighted by Crippen LogP contribution is -2.43. The quantitative estimate of drug-likeness (QED) is 0.878. The number of ether oxygens (including phenoxy) is 1. The molecule has 4 nitrogen and oxygen atoms in total. The highest BCUT2D eigenvalue weighted by Gasteiger charge is 2.25. The van der Waals surface area contributed by atoms with E-state index in [-0.39, 0.29) is 23.7 Å². The number of nitrogens with one attached hydrogen (secondary N) is 1. The van der Waals surface area contributed by atoms with Gasteiger partial charge in [0, 0.05) is 17.6 Å². The minimum atomic E-state index is -2.86. The lowest BCUT2D eigenvalue weighted by molar-refractivity contribution is -0.0498. The summed E-state index contributed by atoms with van der Waals surface area (Å²) in [6.07, 6.45) is 2.79. The molecule has 1 aromatic carbocycles. The maximum atomic E-state index is 12.0. The molecule has 0 spiro atoms. The zero-order chi connectivity index (χ0) is 13.8. The van der Waals surface area contributed by atoms with E-state index in [0.29, 0.717) is 5.56 Å². The largest absolute Gasteiger partial charge is 0.435 e. The second kappa shape index (κ2) is 5.97. The van der Waals surface area contributed by atoms with E-state index in [1.165, 1.54) is 24.3 Å². The zero-order valence-electron chi connectivity index (χ0n) is 10.3. The van der Waals surface area contributed by atoms with Gasteiger partial charge in [0.25, 0.3) is 5.91 Å². The molecule has 0 radical (unpaired) electrons.